The van der Waals surface area contributed by atoms with E-state index in [0.717, 1.165) is 23.1 Å². The number of hydrogen-bond acceptors (Lipinski definition) is 5. The van der Waals surface area contributed by atoms with E-state index in [4.69, 9.17) is 21.1 Å². The van der Waals surface area contributed by atoms with Gasteiger partial charge in [-0.15, -0.1) is 35.3 Å². The van der Waals surface area contributed by atoms with E-state index in [2.05, 4.69) is 20.6 Å². The summed E-state index contributed by atoms with van der Waals surface area (Å²) in [6.07, 6.45) is 1.87. The summed E-state index contributed by atoms with van der Waals surface area (Å²) in [5.74, 6) is 1.90. The third-order valence-corrected chi connectivity index (χ3v) is 4.61. The molecule has 2 rings (SSSR count). The number of guanidine groups is 1. The lowest BCUT2D eigenvalue weighted by Crippen LogP contribution is -2.36. The average Bonchev–Trinajstić information content (AvgIpc) is 3.04. The Balaban J connectivity index is 0.00000364. The third-order valence-electron chi connectivity index (χ3n) is 3.42. The molecule has 9 heteroatoms. The summed E-state index contributed by atoms with van der Waals surface area (Å²) < 4.78 is 10.9. The topological polar surface area (TPSA) is 67.8 Å². The van der Waals surface area contributed by atoms with Gasteiger partial charge in [0.1, 0.15) is 5.01 Å². The lowest BCUT2D eigenvalue weighted by atomic mass is 10.2. The van der Waals surface area contributed by atoms with Crippen molar-refractivity contribution in [1.82, 2.24) is 15.6 Å². The number of aryl methyl sites for hydroxylation is 1. The van der Waals surface area contributed by atoms with E-state index < -0.39 is 0 Å². The minimum Gasteiger partial charge on any atom is -0.493 e. The fraction of sp³-hybridized carbons (Fsp3) is 0.444. The normalized spacial score (nSPS) is 10.9. The molecule has 2 aromatic rings. The number of thiazole rings is 1. The molecule has 1 aromatic carbocycles. The molecule has 1 heterocycles. The van der Waals surface area contributed by atoms with Crippen LogP contribution < -0.4 is 20.1 Å². The molecule has 0 aliphatic carbocycles. The lowest BCUT2D eigenvalue weighted by Gasteiger charge is -2.13. The predicted molar refractivity (Wildman–Crippen MR) is 123 cm³/mol. The van der Waals surface area contributed by atoms with Crippen molar-refractivity contribution in [3.63, 3.8) is 0 Å². The second-order valence-corrected chi connectivity index (χ2v) is 7.18. The summed E-state index contributed by atoms with van der Waals surface area (Å²) in [5.41, 5.74) is 0.942. The van der Waals surface area contributed by atoms with Gasteiger partial charge in [-0.25, -0.2) is 9.98 Å². The Kier molecular flexibility index (Phi) is 10.8. The van der Waals surface area contributed by atoms with Gasteiger partial charge in [0.2, 0.25) is 0 Å². The molecule has 27 heavy (non-hydrogen) atoms. The molecule has 0 aliphatic rings. The number of nitrogens with zero attached hydrogens (tertiary/aromatic N) is 2. The molecule has 6 nitrogen and oxygen atoms in total. The molecule has 0 unspecified atom stereocenters. The molecule has 0 aliphatic heterocycles. The quantitative estimate of drug-likeness (QED) is 0.305. The standard InChI is InChI=1S/C18H25ClN4O2S.HI/c1-5-20-18(23-11-16-21-9-12(3)26-16)22-10-13-7-14(19)17(25-6-2)15(8-13)24-4;/h7-9H,5-6,10-11H2,1-4H3,(H2,20,22,23);1H. The zero-order valence-electron chi connectivity index (χ0n) is 16.0. The Morgan fingerprint density at radius 1 is 1.30 bits per heavy atom. The molecule has 2 N–H and O–H groups in total. The number of halogens is 2. The van der Waals surface area contributed by atoms with Crippen molar-refractivity contribution in [1.29, 1.82) is 0 Å². The van der Waals surface area contributed by atoms with E-state index in [1.54, 1.807) is 18.4 Å². The van der Waals surface area contributed by atoms with Crippen LogP contribution in [0.4, 0.5) is 0 Å². The van der Waals surface area contributed by atoms with Crippen molar-refractivity contribution in [2.45, 2.75) is 33.9 Å². The van der Waals surface area contributed by atoms with E-state index in [9.17, 15) is 0 Å². The van der Waals surface area contributed by atoms with Gasteiger partial charge in [0.25, 0.3) is 0 Å². The molecule has 0 atom stereocenters. The van der Waals surface area contributed by atoms with Crippen LogP contribution in [0.15, 0.2) is 23.3 Å². The fourth-order valence-electron chi connectivity index (χ4n) is 2.30. The number of nitrogens with one attached hydrogen (secondary N) is 2. The number of hydrogen-bond donors (Lipinski definition) is 2. The van der Waals surface area contributed by atoms with Gasteiger partial charge in [0, 0.05) is 17.6 Å². The van der Waals surface area contributed by atoms with Gasteiger partial charge >= 0.3 is 0 Å². The summed E-state index contributed by atoms with van der Waals surface area (Å²) in [7, 11) is 1.60. The molecule has 0 fully saturated rings. The molecule has 0 radical (unpaired) electrons. The van der Waals surface area contributed by atoms with E-state index in [1.807, 2.05) is 39.1 Å². The Bertz CT molecular complexity index is 755. The smallest absolute Gasteiger partial charge is 0.191 e. The zero-order valence-corrected chi connectivity index (χ0v) is 19.9. The Hall–Kier alpha value is -1.26. The number of aromatic nitrogens is 1. The highest BCUT2D eigenvalue weighted by molar-refractivity contribution is 14.0. The number of ether oxygens (including phenoxy) is 2. The Labute approximate surface area is 186 Å². The summed E-state index contributed by atoms with van der Waals surface area (Å²) >= 11 is 7.99. The van der Waals surface area contributed by atoms with Crippen LogP contribution in [0.25, 0.3) is 0 Å². The van der Waals surface area contributed by atoms with Gasteiger partial charge in [0.15, 0.2) is 17.5 Å². The van der Waals surface area contributed by atoms with Crippen molar-refractivity contribution < 1.29 is 9.47 Å². The molecule has 0 amide bonds. The molecule has 0 saturated heterocycles. The van der Waals surface area contributed by atoms with E-state index in [1.165, 1.54) is 4.88 Å². The first-order chi connectivity index (χ1) is 12.6. The van der Waals surface area contributed by atoms with E-state index >= 15 is 0 Å². The van der Waals surface area contributed by atoms with Gasteiger partial charge in [-0.05, 0) is 38.5 Å². The van der Waals surface area contributed by atoms with Gasteiger partial charge in [0.05, 0.1) is 31.8 Å². The average molecular weight is 525 g/mol. The predicted octanol–water partition coefficient (Wildman–Crippen LogP) is 4.39. The first-order valence-corrected chi connectivity index (χ1v) is 9.69. The van der Waals surface area contributed by atoms with Crippen LogP contribution in [0.5, 0.6) is 11.5 Å². The number of rotatable bonds is 8. The van der Waals surface area contributed by atoms with Gasteiger partial charge < -0.3 is 20.1 Å². The summed E-state index contributed by atoms with van der Waals surface area (Å²) in [4.78, 5) is 10.2. The van der Waals surface area contributed by atoms with Crippen LogP contribution in [0.2, 0.25) is 5.02 Å². The maximum atomic E-state index is 6.32. The number of methoxy groups -OCH3 is 1. The highest BCUT2D eigenvalue weighted by Gasteiger charge is 2.11. The van der Waals surface area contributed by atoms with Crippen molar-refractivity contribution in [3.05, 3.63) is 38.8 Å². The largest absolute Gasteiger partial charge is 0.493 e. The fourth-order valence-corrected chi connectivity index (χ4v) is 3.32. The SMILES string of the molecule is CCNC(=NCc1cc(Cl)c(OCC)c(OC)c1)NCc1ncc(C)s1.I. The molecule has 150 valence electrons. The van der Waals surface area contributed by atoms with Gasteiger partial charge in [-0.2, -0.15) is 0 Å². The van der Waals surface area contributed by atoms with Crippen LogP contribution >= 0.6 is 46.9 Å². The maximum absolute atomic E-state index is 6.32. The third kappa shape index (κ3) is 7.34. The Morgan fingerprint density at radius 2 is 2.07 bits per heavy atom. The second-order valence-electron chi connectivity index (χ2n) is 5.46. The minimum atomic E-state index is 0. The molecule has 0 saturated carbocycles. The maximum Gasteiger partial charge on any atom is 0.191 e. The minimum absolute atomic E-state index is 0. The van der Waals surface area contributed by atoms with Crippen LogP contribution in [0, 0.1) is 6.92 Å². The second kappa shape index (κ2) is 12.2. The van der Waals surface area contributed by atoms with Crippen LogP contribution in [0.1, 0.15) is 29.3 Å². The highest BCUT2D eigenvalue weighted by atomic mass is 127. The first-order valence-electron chi connectivity index (χ1n) is 8.50. The van der Waals surface area contributed by atoms with Crippen molar-refractivity contribution in [3.8, 4) is 11.5 Å². The lowest BCUT2D eigenvalue weighted by molar-refractivity contribution is 0.311. The van der Waals surface area contributed by atoms with Crippen LogP contribution in [0.3, 0.4) is 0 Å². The van der Waals surface area contributed by atoms with Crippen molar-refractivity contribution in [2.24, 2.45) is 4.99 Å². The first kappa shape index (κ1) is 23.8. The molecular formula is C18H26ClIN4O2S. The molecule has 0 bridgehead atoms. The van der Waals surface area contributed by atoms with E-state index in [-0.39, 0.29) is 24.0 Å². The van der Waals surface area contributed by atoms with Crippen molar-refractivity contribution >= 4 is 52.9 Å². The highest BCUT2D eigenvalue weighted by Crippen LogP contribution is 2.36. The van der Waals surface area contributed by atoms with Crippen LogP contribution in [-0.2, 0) is 13.1 Å². The van der Waals surface area contributed by atoms with Gasteiger partial charge in [-0.3, -0.25) is 0 Å². The molecule has 0 spiro atoms. The van der Waals surface area contributed by atoms with Gasteiger partial charge in [-0.1, -0.05) is 11.6 Å². The summed E-state index contributed by atoms with van der Waals surface area (Å²) in [6.45, 7) is 8.39. The van der Waals surface area contributed by atoms with E-state index in [0.29, 0.717) is 36.2 Å². The van der Waals surface area contributed by atoms with Crippen molar-refractivity contribution in [2.75, 3.05) is 20.3 Å². The Morgan fingerprint density at radius 3 is 2.67 bits per heavy atom. The summed E-state index contributed by atoms with van der Waals surface area (Å²) in [5, 5.41) is 8.07. The monoisotopic (exact) mass is 524 g/mol. The zero-order chi connectivity index (χ0) is 18.9. The number of benzene rings is 1. The number of aliphatic imine (C=N–C) groups is 1. The molecule has 1 aromatic heterocycles. The van der Waals surface area contributed by atoms with Crippen LogP contribution in [-0.4, -0.2) is 31.2 Å². The summed E-state index contributed by atoms with van der Waals surface area (Å²) in [6, 6.07) is 3.75. The molecular weight excluding hydrogens is 499 g/mol.